The quantitative estimate of drug-likeness (QED) is 0.527. The fourth-order valence-corrected chi connectivity index (χ4v) is 0.531. The minimum atomic E-state index is -0.407. The third-order valence-electron chi connectivity index (χ3n) is 0.724. The summed E-state index contributed by atoms with van der Waals surface area (Å²) >= 11 is 5.30. The van der Waals surface area contributed by atoms with Gasteiger partial charge in [-0.05, 0) is 0 Å². The summed E-state index contributed by atoms with van der Waals surface area (Å²) in [7, 11) is 0. The van der Waals surface area contributed by atoms with E-state index in [2.05, 4.69) is 15.5 Å². The van der Waals surface area contributed by atoms with Crippen molar-refractivity contribution in [2.45, 2.75) is 6.17 Å². The summed E-state index contributed by atoms with van der Waals surface area (Å²) < 4.78 is 0. The summed E-state index contributed by atoms with van der Waals surface area (Å²) in [5, 5.41) is 9.05. The molecule has 1 atom stereocenters. The molecular weight excluding hydrogens is 130 g/mol. The van der Waals surface area contributed by atoms with Gasteiger partial charge in [-0.1, -0.05) is 5.11 Å². The van der Waals surface area contributed by atoms with Crippen LogP contribution in [0.15, 0.2) is 10.2 Å². The molecule has 44 valence electrons. The van der Waals surface area contributed by atoms with Crippen LogP contribution >= 0.6 is 11.6 Å². The number of hydrogen-bond donors (Lipinski definition) is 1. The van der Waals surface area contributed by atoms with Crippen LogP contribution in [0, 0.1) is 0 Å². The first-order chi connectivity index (χ1) is 3.83. The van der Waals surface area contributed by atoms with E-state index in [1.807, 2.05) is 0 Å². The van der Waals surface area contributed by atoms with Gasteiger partial charge in [0, 0.05) is 0 Å². The van der Waals surface area contributed by atoms with Gasteiger partial charge in [0.15, 0.2) is 6.17 Å². The maximum atomic E-state index is 10.2. The van der Waals surface area contributed by atoms with Gasteiger partial charge in [-0.15, -0.1) is 11.6 Å². The Kier molecular flexibility index (Phi) is 1.43. The largest absolute Gasteiger partial charge is 0.361 e. The standard InChI is InChI=1S/C3H4ClN3O/c4-1-2-5-3(8)7-6-2/h2H,1H2,(H,5,8). The second-order valence-corrected chi connectivity index (χ2v) is 1.64. The number of carbonyl (C=O) groups is 1. The van der Waals surface area contributed by atoms with E-state index in [0.29, 0.717) is 0 Å². The number of alkyl halides is 1. The van der Waals surface area contributed by atoms with Crippen LogP contribution in [0.25, 0.3) is 0 Å². The highest BCUT2D eigenvalue weighted by atomic mass is 35.5. The first kappa shape index (κ1) is 5.50. The lowest BCUT2D eigenvalue weighted by atomic mass is 10.6. The van der Waals surface area contributed by atoms with Gasteiger partial charge in [0.1, 0.15) is 0 Å². The highest BCUT2D eigenvalue weighted by Crippen LogP contribution is 1.98. The number of nitrogens with one attached hydrogen (secondary N) is 1. The zero-order valence-corrected chi connectivity index (χ0v) is 4.72. The Morgan fingerprint density at radius 3 is 2.88 bits per heavy atom. The molecule has 1 aliphatic rings. The van der Waals surface area contributed by atoms with Gasteiger partial charge in [0.05, 0.1) is 5.88 Å². The molecule has 2 amide bonds. The van der Waals surface area contributed by atoms with Crippen LogP contribution in [0.1, 0.15) is 0 Å². The maximum absolute atomic E-state index is 10.2. The molecular formula is C3H4ClN3O. The summed E-state index contributed by atoms with van der Waals surface area (Å²) in [6, 6.07) is -0.407. The van der Waals surface area contributed by atoms with Gasteiger partial charge in [0.2, 0.25) is 0 Å². The fraction of sp³-hybridized carbons (Fsp3) is 0.667. The van der Waals surface area contributed by atoms with Crippen molar-refractivity contribution < 1.29 is 4.79 Å². The predicted octanol–water partition coefficient (Wildman–Crippen LogP) is 0.727. The van der Waals surface area contributed by atoms with Crippen LogP contribution < -0.4 is 5.32 Å². The lowest BCUT2D eigenvalue weighted by Gasteiger charge is -1.95. The lowest BCUT2D eigenvalue weighted by Crippen LogP contribution is -2.26. The number of carbonyl (C=O) groups excluding carboxylic acids is 1. The molecule has 0 saturated carbocycles. The average molecular weight is 134 g/mol. The Morgan fingerprint density at radius 2 is 2.62 bits per heavy atom. The van der Waals surface area contributed by atoms with E-state index < -0.39 is 6.03 Å². The van der Waals surface area contributed by atoms with Crippen molar-refractivity contribution in [2.24, 2.45) is 10.2 Å². The Labute approximate surface area is 50.9 Å². The highest BCUT2D eigenvalue weighted by Gasteiger charge is 2.14. The summed E-state index contributed by atoms with van der Waals surface area (Å²) in [6.45, 7) is 0. The van der Waals surface area contributed by atoms with Crippen molar-refractivity contribution in [3.8, 4) is 0 Å². The van der Waals surface area contributed by atoms with E-state index in [1.54, 1.807) is 0 Å². The molecule has 0 saturated heterocycles. The van der Waals surface area contributed by atoms with Crippen molar-refractivity contribution in [3.05, 3.63) is 0 Å². The average Bonchev–Trinajstić information content (AvgIpc) is 2.14. The number of hydrogen-bond acceptors (Lipinski definition) is 2. The molecule has 0 aromatic rings. The molecule has 0 radical (unpaired) electrons. The van der Waals surface area contributed by atoms with Gasteiger partial charge >= 0.3 is 6.03 Å². The zero-order chi connectivity index (χ0) is 5.98. The molecule has 4 nitrogen and oxygen atoms in total. The molecule has 1 N–H and O–H groups in total. The molecule has 1 heterocycles. The minimum Gasteiger partial charge on any atom is -0.310 e. The second-order valence-electron chi connectivity index (χ2n) is 1.34. The molecule has 0 bridgehead atoms. The highest BCUT2D eigenvalue weighted by molar-refractivity contribution is 6.18. The van der Waals surface area contributed by atoms with Gasteiger partial charge in [-0.3, -0.25) is 0 Å². The number of halogens is 1. The topological polar surface area (TPSA) is 53.8 Å². The number of rotatable bonds is 1. The van der Waals surface area contributed by atoms with E-state index in [-0.39, 0.29) is 12.0 Å². The molecule has 0 aromatic heterocycles. The minimum absolute atomic E-state index is 0.287. The number of azo groups is 1. The van der Waals surface area contributed by atoms with Gasteiger partial charge < -0.3 is 5.32 Å². The smallest absolute Gasteiger partial charge is 0.310 e. The summed E-state index contributed by atoms with van der Waals surface area (Å²) in [6.07, 6.45) is -0.302. The second kappa shape index (κ2) is 2.09. The van der Waals surface area contributed by atoms with E-state index in [4.69, 9.17) is 11.6 Å². The van der Waals surface area contributed by atoms with Crippen LogP contribution in [0.3, 0.4) is 0 Å². The van der Waals surface area contributed by atoms with Crippen LogP contribution in [0.5, 0.6) is 0 Å². The first-order valence-corrected chi connectivity index (χ1v) is 2.63. The van der Waals surface area contributed by atoms with Crippen molar-refractivity contribution >= 4 is 17.6 Å². The van der Waals surface area contributed by atoms with E-state index in [1.165, 1.54) is 0 Å². The summed E-state index contributed by atoms with van der Waals surface area (Å²) in [5.41, 5.74) is 0. The molecule has 5 heteroatoms. The third-order valence-corrected chi connectivity index (χ3v) is 1.02. The molecule has 1 unspecified atom stereocenters. The Hall–Kier alpha value is -0.640. The zero-order valence-electron chi connectivity index (χ0n) is 3.97. The fourth-order valence-electron chi connectivity index (χ4n) is 0.392. The molecule has 0 aromatic carbocycles. The first-order valence-electron chi connectivity index (χ1n) is 2.10. The monoisotopic (exact) mass is 133 g/mol. The summed E-state index contributed by atoms with van der Waals surface area (Å²) in [5.74, 6) is 0.287. The molecule has 1 aliphatic heterocycles. The van der Waals surface area contributed by atoms with Gasteiger partial charge in [-0.25, -0.2) is 4.79 Å². The van der Waals surface area contributed by atoms with E-state index in [9.17, 15) is 4.79 Å². The van der Waals surface area contributed by atoms with Gasteiger partial charge in [0.25, 0.3) is 0 Å². The predicted molar refractivity (Wildman–Crippen MR) is 27.9 cm³/mol. The number of urea groups is 1. The Balaban J connectivity index is 2.46. The van der Waals surface area contributed by atoms with E-state index >= 15 is 0 Å². The van der Waals surface area contributed by atoms with E-state index in [0.717, 1.165) is 0 Å². The third kappa shape index (κ3) is 0.949. The van der Waals surface area contributed by atoms with Crippen molar-refractivity contribution in [2.75, 3.05) is 5.88 Å². The van der Waals surface area contributed by atoms with Crippen LogP contribution in [0.2, 0.25) is 0 Å². The van der Waals surface area contributed by atoms with Crippen molar-refractivity contribution in [3.63, 3.8) is 0 Å². The van der Waals surface area contributed by atoms with Crippen molar-refractivity contribution in [1.82, 2.24) is 5.32 Å². The van der Waals surface area contributed by atoms with Crippen LogP contribution in [-0.2, 0) is 0 Å². The normalized spacial score (nSPS) is 26.1. The molecule has 1 rings (SSSR count). The van der Waals surface area contributed by atoms with Crippen molar-refractivity contribution in [1.29, 1.82) is 0 Å². The summed E-state index contributed by atoms with van der Waals surface area (Å²) in [4.78, 5) is 10.2. The number of nitrogens with zero attached hydrogens (tertiary/aromatic N) is 2. The number of amides is 2. The van der Waals surface area contributed by atoms with Crippen LogP contribution in [0.4, 0.5) is 4.79 Å². The molecule has 0 fully saturated rings. The maximum Gasteiger partial charge on any atom is 0.361 e. The van der Waals surface area contributed by atoms with Gasteiger partial charge in [-0.2, -0.15) is 5.11 Å². The Bertz CT molecular complexity index is 134. The lowest BCUT2D eigenvalue weighted by molar-refractivity contribution is 0.251. The van der Waals surface area contributed by atoms with Crippen LogP contribution in [-0.4, -0.2) is 18.1 Å². The Morgan fingerprint density at radius 1 is 1.88 bits per heavy atom. The molecule has 0 aliphatic carbocycles. The molecule has 8 heavy (non-hydrogen) atoms. The SMILES string of the molecule is O=C1N=NC(CCl)N1. The molecule has 0 spiro atoms.